The van der Waals surface area contributed by atoms with Gasteiger partial charge in [-0.3, -0.25) is 4.79 Å². The third-order valence-corrected chi connectivity index (χ3v) is 10.4. The van der Waals surface area contributed by atoms with Crippen molar-refractivity contribution in [1.29, 1.82) is 0 Å². The van der Waals surface area contributed by atoms with Crippen LogP contribution >= 0.6 is 0 Å². The van der Waals surface area contributed by atoms with Crippen LogP contribution in [0, 0.1) is 11.8 Å². The van der Waals surface area contributed by atoms with Gasteiger partial charge in [0.2, 0.25) is 24.6 Å². The summed E-state index contributed by atoms with van der Waals surface area (Å²) >= 11 is 0. The lowest BCUT2D eigenvalue weighted by molar-refractivity contribution is -0.352. The van der Waals surface area contributed by atoms with E-state index in [0.29, 0.717) is 33.9 Å². The number of fused-ring (bicyclic) bond motifs is 3. The zero-order chi connectivity index (χ0) is 37.0. The quantitative estimate of drug-likeness (QED) is 0.129. The van der Waals surface area contributed by atoms with Crippen LogP contribution in [0.4, 0.5) is 0 Å². The Hall–Kier alpha value is -3.69. The van der Waals surface area contributed by atoms with Gasteiger partial charge < -0.3 is 83.1 Å². The predicted octanol–water partition coefficient (Wildman–Crippen LogP) is -2.08. The molecule has 4 aliphatic heterocycles. The first kappa shape index (κ1) is 36.7. The smallest absolute Gasteiger partial charge is 0.310 e. The van der Waals surface area contributed by atoms with Gasteiger partial charge in [-0.2, -0.15) is 0 Å². The molecule has 0 unspecified atom stereocenters. The molecule has 286 valence electrons. The third-order valence-electron chi connectivity index (χ3n) is 10.4. The fourth-order valence-electron chi connectivity index (χ4n) is 7.75. The summed E-state index contributed by atoms with van der Waals surface area (Å²) in [5.74, 6) is -0.253. The summed E-state index contributed by atoms with van der Waals surface area (Å²) in [6.45, 7) is -1.52. The Bertz CT molecular complexity index is 1610. The number of hydrogen-bond acceptors (Lipinski definition) is 18. The Morgan fingerprint density at radius 3 is 2.08 bits per heavy atom. The van der Waals surface area contributed by atoms with Crippen LogP contribution in [0.25, 0.3) is 0 Å². The van der Waals surface area contributed by atoms with Crippen molar-refractivity contribution in [2.45, 2.75) is 73.8 Å². The molecule has 52 heavy (non-hydrogen) atoms. The van der Waals surface area contributed by atoms with E-state index in [0.717, 1.165) is 0 Å². The van der Waals surface area contributed by atoms with Crippen LogP contribution < -0.4 is 28.4 Å². The third kappa shape index (κ3) is 6.05. The molecule has 1 aliphatic carbocycles. The Morgan fingerprint density at radius 2 is 1.42 bits per heavy atom. The monoisotopic (exact) mass is 738 g/mol. The Balaban J connectivity index is 1.24. The van der Waals surface area contributed by atoms with E-state index in [1.807, 2.05) is 0 Å². The van der Waals surface area contributed by atoms with E-state index >= 15 is 0 Å². The fraction of sp³-hybridized carbons (Fsp3) is 0.618. The topological polar surface area (TPSA) is 251 Å². The first-order valence-electron chi connectivity index (χ1n) is 16.7. The first-order chi connectivity index (χ1) is 25.0. The molecule has 0 aromatic heterocycles. The zero-order valence-corrected chi connectivity index (χ0v) is 28.4. The van der Waals surface area contributed by atoms with Crippen LogP contribution in [0.1, 0.15) is 22.6 Å². The second kappa shape index (κ2) is 14.6. The zero-order valence-electron chi connectivity index (χ0n) is 28.4. The van der Waals surface area contributed by atoms with Crippen LogP contribution in [0.5, 0.6) is 34.5 Å². The highest BCUT2D eigenvalue weighted by Crippen LogP contribution is 2.56. The molecule has 3 fully saturated rings. The number of methoxy groups -OCH3 is 3. The maximum Gasteiger partial charge on any atom is 0.310 e. The second-order valence-electron chi connectivity index (χ2n) is 13.2. The van der Waals surface area contributed by atoms with E-state index in [-0.39, 0.29) is 49.0 Å². The van der Waals surface area contributed by atoms with Gasteiger partial charge in [0.25, 0.3) is 0 Å². The maximum absolute atomic E-state index is 13.3. The molecule has 3 saturated heterocycles. The molecule has 7 N–H and O–H groups in total. The average Bonchev–Trinajstić information content (AvgIpc) is 3.78. The van der Waals surface area contributed by atoms with E-state index < -0.39 is 86.5 Å². The summed E-state index contributed by atoms with van der Waals surface area (Å²) in [6, 6.07) is 5.26. The van der Waals surface area contributed by atoms with E-state index in [1.165, 1.54) is 21.3 Å². The van der Waals surface area contributed by atoms with Crippen molar-refractivity contribution in [3.05, 3.63) is 34.9 Å². The lowest BCUT2D eigenvalue weighted by Crippen LogP contribution is -2.65. The van der Waals surface area contributed by atoms with Crippen molar-refractivity contribution in [3.8, 4) is 34.5 Å². The minimum absolute atomic E-state index is 0.112. The normalized spacial score (nSPS) is 36.4. The number of benzene rings is 2. The molecule has 0 saturated carbocycles. The number of ether oxygens (including phenoxy) is 10. The van der Waals surface area contributed by atoms with Gasteiger partial charge in [-0.25, -0.2) is 0 Å². The van der Waals surface area contributed by atoms with Crippen LogP contribution in [0.2, 0.25) is 0 Å². The summed E-state index contributed by atoms with van der Waals surface area (Å²) in [4.78, 5) is 13.3. The number of aliphatic hydroxyl groups excluding tert-OH is 7. The SMILES string of the molecule is COc1cc([C@H]2c3cc4c(c(O[C@@H]5O[C@H](CO)[C@@H](O[C@@H]6O[C@H](CO)[C@@H](O)[C@H](O)[C@H]6O)[C@H](O)[C@H]5O)c3C[C@@H]3COC(=O)[C@H]32)OCO4)cc(OC)c1OC. The largest absolute Gasteiger partial charge is 0.493 e. The van der Waals surface area contributed by atoms with Crippen molar-refractivity contribution in [3.63, 3.8) is 0 Å². The molecule has 2 aromatic rings. The lowest BCUT2D eigenvalue weighted by atomic mass is 9.67. The molecule has 13 atom stereocenters. The van der Waals surface area contributed by atoms with Gasteiger partial charge in [-0.1, -0.05) is 0 Å². The highest BCUT2D eigenvalue weighted by atomic mass is 16.7. The number of rotatable bonds is 10. The van der Waals surface area contributed by atoms with Crippen LogP contribution in [0.3, 0.4) is 0 Å². The summed E-state index contributed by atoms with van der Waals surface area (Å²) in [6.07, 6.45) is -16.1. The summed E-state index contributed by atoms with van der Waals surface area (Å²) in [5, 5.41) is 73.3. The molecular formula is C34H42O18. The maximum atomic E-state index is 13.3. The Kier molecular flexibility index (Phi) is 10.3. The molecule has 2 aromatic carbocycles. The highest BCUT2D eigenvalue weighted by molar-refractivity contribution is 5.79. The fourth-order valence-corrected chi connectivity index (χ4v) is 7.75. The van der Waals surface area contributed by atoms with Crippen molar-refractivity contribution < 1.29 is 87.9 Å². The van der Waals surface area contributed by atoms with Gasteiger partial charge in [0.15, 0.2) is 29.3 Å². The minimum Gasteiger partial charge on any atom is -0.493 e. The van der Waals surface area contributed by atoms with Crippen molar-refractivity contribution >= 4 is 5.97 Å². The van der Waals surface area contributed by atoms with E-state index in [2.05, 4.69) is 0 Å². The van der Waals surface area contributed by atoms with E-state index in [4.69, 9.17) is 47.4 Å². The molecule has 0 bridgehead atoms. The van der Waals surface area contributed by atoms with E-state index in [1.54, 1.807) is 18.2 Å². The standard InChI is InChI=1S/C34H42O18/c1-43-16-5-12(6-17(44-2)29(16)45-3)21-14-7-18-31(48-11-47-18)28(15(14)4-13-10-46-32(42)22(13)21)51-34-27(41)25(39)30(20(9-36)50-34)52-33-26(40)24(38)23(37)19(8-35)49-33/h5-7,13,19-27,30,33-41H,4,8-11H2,1-3H3/t13-,19-,20-,21+,22-,23-,24+,25-,26-,27-,30-,33+,34+/m1/s1. The molecule has 18 nitrogen and oxygen atoms in total. The molecule has 7 rings (SSSR count). The number of cyclic esters (lactones) is 1. The molecule has 0 radical (unpaired) electrons. The molecule has 4 heterocycles. The van der Waals surface area contributed by atoms with Gasteiger partial charge in [0, 0.05) is 17.4 Å². The summed E-state index contributed by atoms with van der Waals surface area (Å²) in [5.41, 5.74) is 1.86. The molecule has 5 aliphatic rings. The molecule has 0 spiro atoms. The van der Waals surface area contributed by atoms with Crippen molar-refractivity contribution in [2.75, 3.05) is 47.9 Å². The van der Waals surface area contributed by atoms with Gasteiger partial charge >= 0.3 is 5.97 Å². The first-order valence-corrected chi connectivity index (χ1v) is 16.7. The number of hydrogen-bond donors (Lipinski definition) is 7. The average molecular weight is 739 g/mol. The van der Waals surface area contributed by atoms with E-state index in [9.17, 15) is 40.5 Å². The number of carbonyl (C=O) groups excluding carboxylic acids is 1. The van der Waals surface area contributed by atoms with Gasteiger partial charge in [-0.15, -0.1) is 0 Å². The van der Waals surface area contributed by atoms with Crippen LogP contribution in [-0.4, -0.2) is 151 Å². The number of aliphatic hydroxyl groups is 7. The summed E-state index contributed by atoms with van der Waals surface area (Å²) in [7, 11) is 4.44. The van der Waals surface area contributed by atoms with Crippen LogP contribution in [0.15, 0.2) is 18.2 Å². The van der Waals surface area contributed by atoms with Crippen LogP contribution in [-0.2, 0) is 30.2 Å². The Labute approximate surface area is 296 Å². The Morgan fingerprint density at radius 1 is 0.750 bits per heavy atom. The minimum atomic E-state index is -1.83. The van der Waals surface area contributed by atoms with Gasteiger partial charge in [0.1, 0.15) is 48.8 Å². The number of esters is 1. The van der Waals surface area contributed by atoms with Gasteiger partial charge in [0.05, 0.1) is 47.1 Å². The van der Waals surface area contributed by atoms with Crippen molar-refractivity contribution in [1.82, 2.24) is 0 Å². The van der Waals surface area contributed by atoms with Crippen molar-refractivity contribution in [2.24, 2.45) is 11.8 Å². The highest BCUT2D eigenvalue weighted by Gasteiger charge is 2.53. The molecular weight excluding hydrogens is 696 g/mol. The molecule has 18 heteroatoms. The second-order valence-corrected chi connectivity index (χ2v) is 13.2. The summed E-state index contributed by atoms with van der Waals surface area (Å²) < 4.78 is 57.3. The van der Waals surface area contributed by atoms with Gasteiger partial charge in [-0.05, 0) is 35.7 Å². The number of carbonyl (C=O) groups is 1. The predicted molar refractivity (Wildman–Crippen MR) is 169 cm³/mol. The molecule has 0 amide bonds. The lowest BCUT2D eigenvalue weighted by Gasteiger charge is -2.46.